The van der Waals surface area contributed by atoms with Crippen LogP contribution in [-0.2, 0) is 6.61 Å². The van der Waals surface area contributed by atoms with E-state index in [0.717, 1.165) is 18.4 Å². The molecule has 1 saturated carbocycles. The molecule has 1 aromatic rings. The zero-order chi connectivity index (χ0) is 12.3. The van der Waals surface area contributed by atoms with E-state index in [-0.39, 0.29) is 12.4 Å². The van der Waals surface area contributed by atoms with Gasteiger partial charge in [0, 0.05) is 5.56 Å². The number of rotatable bonds is 4. The van der Waals surface area contributed by atoms with E-state index in [2.05, 4.69) is 4.74 Å². The van der Waals surface area contributed by atoms with E-state index >= 15 is 0 Å². The summed E-state index contributed by atoms with van der Waals surface area (Å²) in [7, 11) is 0. The summed E-state index contributed by atoms with van der Waals surface area (Å²) in [6, 6.07) is 5.22. The Kier molecular flexibility index (Phi) is 3.94. The van der Waals surface area contributed by atoms with Crippen molar-refractivity contribution in [3.05, 3.63) is 29.3 Å². The van der Waals surface area contributed by atoms with Crippen LogP contribution in [0.5, 0.6) is 5.75 Å². The average Bonchev–Trinajstić information content (AvgIpc) is 2.81. The molecular weight excluding hydrogens is 226 g/mol. The van der Waals surface area contributed by atoms with Crippen LogP contribution in [0.3, 0.4) is 0 Å². The number of benzene rings is 1. The number of alkyl halides is 2. The van der Waals surface area contributed by atoms with Gasteiger partial charge in [-0.05, 0) is 30.4 Å². The average molecular weight is 242 g/mol. The van der Waals surface area contributed by atoms with E-state index < -0.39 is 6.61 Å². The number of ether oxygens (including phenoxy) is 1. The van der Waals surface area contributed by atoms with Crippen molar-refractivity contribution in [1.82, 2.24) is 0 Å². The molecule has 0 spiro atoms. The molecule has 0 saturated heterocycles. The van der Waals surface area contributed by atoms with E-state index in [4.69, 9.17) is 5.11 Å². The Morgan fingerprint density at radius 2 is 2.00 bits per heavy atom. The van der Waals surface area contributed by atoms with Gasteiger partial charge in [-0.3, -0.25) is 0 Å². The molecule has 0 aliphatic heterocycles. The van der Waals surface area contributed by atoms with Gasteiger partial charge < -0.3 is 9.84 Å². The molecule has 0 atom stereocenters. The first-order valence-corrected chi connectivity index (χ1v) is 5.89. The molecule has 0 amide bonds. The number of hydrogen-bond acceptors (Lipinski definition) is 2. The van der Waals surface area contributed by atoms with E-state index in [1.54, 1.807) is 12.1 Å². The van der Waals surface area contributed by atoms with Crippen molar-refractivity contribution in [1.29, 1.82) is 0 Å². The molecule has 1 aromatic carbocycles. The van der Waals surface area contributed by atoms with Gasteiger partial charge in [-0.15, -0.1) is 0 Å². The minimum atomic E-state index is -2.85. The van der Waals surface area contributed by atoms with Crippen molar-refractivity contribution in [2.75, 3.05) is 0 Å². The normalized spacial score (nSPS) is 16.7. The first-order valence-electron chi connectivity index (χ1n) is 5.89. The Morgan fingerprint density at radius 3 is 2.59 bits per heavy atom. The summed E-state index contributed by atoms with van der Waals surface area (Å²) in [4.78, 5) is 0. The second-order valence-electron chi connectivity index (χ2n) is 4.39. The summed E-state index contributed by atoms with van der Waals surface area (Å²) < 4.78 is 28.9. The third-order valence-corrected chi connectivity index (χ3v) is 3.30. The highest BCUT2D eigenvalue weighted by Crippen LogP contribution is 2.36. The van der Waals surface area contributed by atoms with Crippen LogP contribution in [-0.4, -0.2) is 11.7 Å². The van der Waals surface area contributed by atoms with Crippen molar-refractivity contribution in [2.24, 2.45) is 0 Å². The lowest BCUT2D eigenvalue weighted by molar-refractivity contribution is -0.0509. The number of halogens is 2. The molecule has 0 bridgehead atoms. The number of aliphatic hydroxyl groups is 1. The molecule has 2 nitrogen and oxygen atoms in total. The predicted molar refractivity (Wildman–Crippen MR) is 60.2 cm³/mol. The van der Waals surface area contributed by atoms with E-state index in [0.29, 0.717) is 11.5 Å². The number of hydrogen-bond donors (Lipinski definition) is 1. The summed E-state index contributed by atoms with van der Waals surface area (Å²) in [5.74, 6) is 0.551. The zero-order valence-corrected chi connectivity index (χ0v) is 9.53. The molecule has 4 heteroatoms. The highest BCUT2D eigenvalue weighted by Gasteiger charge is 2.19. The fourth-order valence-electron chi connectivity index (χ4n) is 2.42. The van der Waals surface area contributed by atoms with Crippen LogP contribution in [0.2, 0.25) is 0 Å². The van der Waals surface area contributed by atoms with Crippen LogP contribution in [0, 0.1) is 0 Å². The largest absolute Gasteiger partial charge is 0.434 e. The first-order chi connectivity index (χ1) is 8.20. The maximum Gasteiger partial charge on any atom is 0.387 e. The van der Waals surface area contributed by atoms with Crippen LogP contribution in [0.1, 0.15) is 42.7 Å². The highest BCUT2D eigenvalue weighted by atomic mass is 19.3. The molecule has 1 fully saturated rings. The van der Waals surface area contributed by atoms with Gasteiger partial charge in [-0.25, -0.2) is 0 Å². The van der Waals surface area contributed by atoms with Crippen molar-refractivity contribution >= 4 is 0 Å². The summed E-state index contributed by atoms with van der Waals surface area (Å²) in [6.07, 6.45) is 4.59. The Bertz CT molecular complexity index is 374. The van der Waals surface area contributed by atoms with Gasteiger partial charge >= 0.3 is 6.61 Å². The van der Waals surface area contributed by atoms with Crippen molar-refractivity contribution < 1.29 is 18.6 Å². The fourth-order valence-corrected chi connectivity index (χ4v) is 2.42. The smallest absolute Gasteiger partial charge is 0.387 e. The van der Waals surface area contributed by atoms with Crippen molar-refractivity contribution in [3.8, 4) is 5.75 Å². The second-order valence-corrected chi connectivity index (χ2v) is 4.39. The lowest BCUT2D eigenvalue weighted by atomic mass is 9.96. The lowest BCUT2D eigenvalue weighted by Crippen LogP contribution is -2.05. The molecule has 1 N–H and O–H groups in total. The van der Waals surface area contributed by atoms with Crippen molar-refractivity contribution in [3.63, 3.8) is 0 Å². The Morgan fingerprint density at radius 1 is 1.29 bits per heavy atom. The van der Waals surface area contributed by atoms with Crippen LogP contribution < -0.4 is 4.74 Å². The standard InChI is InChI=1S/C13H16F2O2/c14-13(15)17-12-7-10(5-6-11(12)8-16)9-3-1-2-4-9/h5-7,9,13,16H,1-4,8H2. The first kappa shape index (κ1) is 12.3. The third kappa shape index (κ3) is 2.94. The molecule has 0 heterocycles. The van der Waals surface area contributed by atoms with Gasteiger partial charge in [-0.1, -0.05) is 25.0 Å². The SMILES string of the molecule is OCc1ccc(C2CCCC2)cc1OC(F)F. The van der Waals surface area contributed by atoms with Gasteiger partial charge in [0.15, 0.2) is 0 Å². The summed E-state index contributed by atoms with van der Waals surface area (Å²) in [6.45, 7) is -3.13. The van der Waals surface area contributed by atoms with Crippen molar-refractivity contribution in [2.45, 2.75) is 44.8 Å². The molecule has 1 aliphatic rings. The van der Waals surface area contributed by atoms with Gasteiger partial charge in [0.2, 0.25) is 0 Å². The summed E-state index contributed by atoms with van der Waals surface area (Å²) >= 11 is 0. The van der Waals surface area contributed by atoms with E-state index in [9.17, 15) is 8.78 Å². The van der Waals surface area contributed by atoms with Gasteiger partial charge in [0.05, 0.1) is 6.61 Å². The van der Waals surface area contributed by atoms with E-state index in [1.165, 1.54) is 12.8 Å². The fraction of sp³-hybridized carbons (Fsp3) is 0.538. The number of aliphatic hydroxyl groups excluding tert-OH is 1. The summed E-state index contributed by atoms with van der Waals surface area (Å²) in [5, 5.41) is 9.06. The quantitative estimate of drug-likeness (QED) is 0.876. The minimum absolute atomic E-state index is 0.104. The topological polar surface area (TPSA) is 29.5 Å². The Labute approximate surface area is 99.2 Å². The second kappa shape index (κ2) is 5.45. The minimum Gasteiger partial charge on any atom is -0.434 e. The monoisotopic (exact) mass is 242 g/mol. The molecule has 17 heavy (non-hydrogen) atoms. The summed E-state index contributed by atoms with van der Waals surface area (Å²) in [5.41, 5.74) is 1.45. The molecule has 1 aliphatic carbocycles. The molecule has 0 unspecified atom stereocenters. The van der Waals surface area contributed by atoms with Gasteiger partial charge in [0.25, 0.3) is 0 Å². The maximum atomic E-state index is 12.2. The van der Waals surface area contributed by atoms with Crippen LogP contribution in [0.25, 0.3) is 0 Å². The maximum absolute atomic E-state index is 12.2. The molecule has 0 radical (unpaired) electrons. The predicted octanol–water partition coefficient (Wildman–Crippen LogP) is 3.44. The van der Waals surface area contributed by atoms with Crippen LogP contribution in [0.15, 0.2) is 18.2 Å². The lowest BCUT2D eigenvalue weighted by Gasteiger charge is -2.14. The van der Waals surface area contributed by atoms with Gasteiger partial charge in [0.1, 0.15) is 5.75 Å². The Balaban J connectivity index is 2.23. The third-order valence-electron chi connectivity index (χ3n) is 3.30. The zero-order valence-electron chi connectivity index (χ0n) is 9.53. The Hall–Kier alpha value is -1.16. The van der Waals surface area contributed by atoms with Crippen LogP contribution in [0.4, 0.5) is 8.78 Å². The molecular formula is C13H16F2O2. The molecule has 0 aromatic heterocycles. The highest BCUT2D eigenvalue weighted by molar-refractivity contribution is 5.39. The van der Waals surface area contributed by atoms with Gasteiger partial charge in [-0.2, -0.15) is 8.78 Å². The van der Waals surface area contributed by atoms with E-state index in [1.807, 2.05) is 6.07 Å². The molecule has 94 valence electrons. The van der Waals surface area contributed by atoms with Crippen LogP contribution >= 0.6 is 0 Å². The molecule has 2 rings (SSSR count).